The second-order valence-electron chi connectivity index (χ2n) is 7.91. The Morgan fingerprint density at radius 1 is 1.12 bits per heavy atom. The van der Waals surface area contributed by atoms with Crippen molar-refractivity contribution < 1.29 is 19.4 Å². The molecule has 26 heavy (non-hydrogen) atoms. The average molecular weight is 363 g/mol. The number of carboxylic acids is 1. The number of fused-ring (bicyclic) bond motifs is 1. The number of benzene rings is 1. The van der Waals surface area contributed by atoms with Crippen molar-refractivity contribution in [2.75, 3.05) is 6.61 Å². The Balaban J connectivity index is 2.16. The molecule has 0 amide bonds. The van der Waals surface area contributed by atoms with Crippen molar-refractivity contribution in [3.63, 3.8) is 0 Å². The van der Waals surface area contributed by atoms with Gasteiger partial charge in [-0.1, -0.05) is 32.6 Å². The van der Waals surface area contributed by atoms with Gasteiger partial charge in [-0.05, 0) is 70.1 Å². The van der Waals surface area contributed by atoms with Gasteiger partial charge in [0.15, 0.2) is 6.61 Å². The third-order valence-electron chi connectivity index (χ3n) is 5.71. The lowest BCUT2D eigenvalue weighted by Crippen LogP contribution is -2.37. The van der Waals surface area contributed by atoms with Gasteiger partial charge in [-0.25, -0.2) is 4.79 Å². The van der Waals surface area contributed by atoms with Crippen LogP contribution in [0.3, 0.4) is 0 Å². The molecule has 0 fully saturated rings. The quantitative estimate of drug-likeness (QED) is 0.588. The van der Waals surface area contributed by atoms with Gasteiger partial charge in [0.1, 0.15) is 17.1 Å². The van der Waals surface area contributed by atoms with E-state index in [1.54, 1.807) is 0 Å². The highest BCUT2D eigenvalue weighted by molar-refractivity contribution is 5.69. The summed E-state index contributed by atoms with van der Waals surface area (Å²) >= 11 is 0. The Labute approximate surface area is 157 Å². The van der Waals surface area contributed by atoms with Crippen LogP contribution in [0.15, 0.2) is 0 Å². The summed E-state index contributed by atoms with van der Waals surface area (Å²) in [5, 5.41) is 8.92. The first-order chi connectivity index (χ1) is 12.3. The second kappa shape index (κ2) is 8.79. The van der Waals surface area contributed by atoms with Crippen molar-refractivity contribution in [3.05, 3.63) is 22.3 Å². The summed E-state index contributed by atoms with van der Waals surface area (Å²) in [4.78, 5) is 10.9. The summed E-state index contributed by atoms with van der Waals surface area (Å²) in [6.45, 7) is 10.2. The van der Waals surface area contributed by atoms with Crippen LogP contribution in [0, 0.1) is 20.8 Å². The molecule has 0 bridgehead atoms. The molecule has 4 heteroatoms. The molecule has 2 rings (SSSR count). The summed E-state index contributed by atoms with van der Waals surface area (Å²) in [5.74, 6) is 0.742. The predicted octanol–water partition coefficient (Wildman–Crippen LogP) is 5.52. The van der Waals surface area contributed by atoms with Gasteiger partial charge >= 0.3 is 5.97 Å². The number of carbonyl (C=O) groups is 1. The van der Waals surface area contributed by atoms with E-state index in [1.165, 1.54) is 37.7 Å². The van der Waals surface area contributed by atoms with Gasteiger partial charge in [-0.2, -0.15) is 0 Å². The number of carboxylic acid groups (broad SMARTS) is 1. The Bertz CT molecular complexity index is 650. The minimum atomic E-state index is -0.953. The van der Waals surface area contributed by atoms with Crippen LogP contribution in [0.25, 0.3) is 0 Å². The average Bonchev–Trinajstić information content (AvgIpc) is 2.59. The number of ether oxygens (including phenoxy) is 2. The second-order valence-corrected chi connectivity index (χ2v) is 7.91. The molecule has 1 atom stereocenters. The molecule has 1 N–H and O–H groups in total. The van der Waals surface area contributed by atoms with Crippen molar-refractivity contribution in [2.24, 2.45) is 0 Å². The van der Waals surface area contributed by atoms with Gasteiger partial charge in [-0.3, -0.25) is 0 Å². The fraction of sp³-hybridized carbons (Fsp3) is 0.682. The van der Waals surface area contributed by atoms with E-state index >= 15 is 0 Å². The normalized spacial score (nSPS) is 19.0. The SMILES string of the molecule is CCCCCCC[C@]1(C)CCc2c(C)c(OCC(=O)O)c(C)c(C)c2O1. The molecule has 0 saturated heterocycles. The van der Waals surface area contributed by atoms with E-state index < -0.39 is 5.97 Å². The molecule has 1 aromatic rings. The summed E-state index contributed by atoms with van der Waals surface area (Å²) in [7, 11) is 0. The zero-order valence-corrected chi connectivity index (χ0v) is 17.0. The van der Waals surface area contributed by atoms with Crippen LogP contribution in [-0.4, -0.2) is 23.3 Å². The first-order valence-corrected chi connectivity index (χ1v) is 9.95. The maximum atomic E-state index is 10.9. The van der Waals surface area contributed by atoms with Crippen molar-refractivity contribution in [3.8, 4) is 11.5 Å². The number of hydrogen-bond donors (Lipinski definition) is 1. The van der Waals surface area contributed by atoms with E-state index in [2.05, 4.69) is 13.8 Å². The molecule has 0 radical (unpaired) electrons. The van der Waals surface area contributed by atoms with Crippen molar-refractivity contribution in [1.29, 1.82) is 0 Å². The van der Waals surface area contributed by atoms with Gasteiger partial charge < -0.3 is 14.6 Å². The third kappa shape index (κ3) is 4.72. The van der Waals surface area contributed by atoms with Gasteiger partial charge in [0.05, 0.1) is 0 Å². The zero-order chi connectivity index (χ0) is 19.3. The molecule has 0 saturated carbocycles. The molecule has 1 aliphatic heterocycles. The third-order valence-corrected chi connectivity index (χ3v) is 5.71. The molecular formula is C22H34O4. The highest BCUT2D eigenvalue weighted by Crippen LogP contribution is 2.44. The van der Waals surface area contributed by atoms with E-state index in [4.69, 9.17) is 14.6 Å². The van der Waals surface area contributed by atoms with Crippen LogP contribution in [0.1, 0.15) is 81.0 Å². The fourth-order valence-electron chi connectivity index (χ4n) is 3.91. The summed E-state index contributed by atoms with van der Waals surface area (Å²) < 4.78 is 12.1. The maximum Gasteiger partial charge on any atom is 0.341 e. The minimum absolute atomic E-state index is 0.105. The van der Waals surface area contributed by atoms with Crippen LogP contribution in [0.5, 0.6) is 11.5 Å². The van der Waals surface area contributed by atoms with Crippen molar-refractivity contribution in [2.45, 2.75) is 91.6 Å². The first-order valence-electron chi connectivity index (χ1n) is 9.95. The van der Waals surface area contributed by atoms with E-state index in [0.717, 1.165) is 41.7 Å². The van der Waals surface area contributed by atoms with Gasteiger partial charge in [0.25, 0.3) is 0 Å². The molecule has 0 unspecified atom stereocenters. The molecule has 0 spiro atoms. The van der Waals surface area contributed by atoms with Crippen LogP contribution < -0.4 is 9.47 Å². The molecule has 0 aromatic heterocycles. The van der Waals surface area contributed by atoms with Crippen LogP contribution >= 0.6 is 0 Å². The lowest BCUT2D eigenvalue weighted by atomic mass is 9.84. The van der Waals surface area contributed by atoms with E-state index in [-0.39, 0.29) is 12.2 Å². The smallest absolute Gasteiger partial charge is 0.341 e. The number of aliphatic carboxylic acids is 1. The fourth-order valence-corrected chi connectivity index (χ4v) is 3.91. The molecule has 1 heterocycles. The molecular weight excluding hydrogens is 328 g/mol. The maximum absolute atomic E-state index is 10.9. The molecule has 146 valence electrons. The highest BCUT2D eigenvalue weighted by atomic mass is 16.5. The van der Waals surface area contributed by atoms with Gasteiger partial charge in [0, 0.05) is 5.56 Å². The van der Waals surface area contributed by atoms with Crippen molar-refractivity contribution in [1.82, 2.24) is 0 Å². The zero-order valence-electron chi connectivity index (χ0n) is 17.0. The summed E-state index contributed by atoms with van der Waals surface area (Å²) in [5.41, 5.74) is 4.15. The van der Waals surface area contributed by atoms with E-state index in [9.17, 15) is 4.79 Å². The monoisotopic (exact) mass is 362 g/mol. The number of rotatable bonds is 9. The molecule has 1 aromatic carbocycles. The topological polar surface area (TPSA) is 55.8 Å². The van der Waals surface area contributed by atoms with E-state index in [1.807, 2.05) is 20.8 Å². The van der Waals surface area contributed by atoms with E-state index in [0.29, 0.717) is 5.75 Å². The Kier molecular flexibility index (Phi) is 6.96. The Morgan fingerprint density at radius 2 is 1.81 bits per heavy atom. The lowest BCUT2D eigenvalue weighted by Gasteiger charge is -2.38. The highest BCUT2D eigenvalue weighted by Gasteiger charge is 2.34. The number of hydrogen-bond acceptors (Lipinski definition) is 3. The summed E-state index contributed by atoms with van der Waals surface area (Å²) in [6, 6.07) is 0. The predicted molar refractivity (Wildman–Crippen MR) is 105 cm³/mol. The molecule has 1 aliphatic rings. The first kappa shape index (κ1) is 20.6. The minimum Gasteiger partial charge on any atom is -0.487 e. The van der Waals surface area contributed by atoms with Crippen molar-refractivity contribution >= 4 is 5.97 Å². The van der Waals surface area contributed by atoms with Gasteiger partial charge in [-0.15, -0.1) is 0 Å². The summed E-state index contributed by atoms with van der Waals surface area (Å²) in [6.07, 6.45) is 9.42. The number of unbranched alkanes of at least 4 members (excludes halogenated alkanes) is 4. The standard InChI is InChI=1S/C22H34O4/c1-6-7-8-9-10-12-22(5)13-11-18-17(4)20(25-14-19(23)24)15(2)16(3)21(18)26-22/h6-14H2,1-5H3,(H,23,24)/t22-/m1/s1. The molecule has 4 nitrogen and oxygen atoms in total. The van der Waals surface area contributed by atoms with Crippen LogP contribution in [0.4, 0.5) is 0 Å². The lowest BCUT2D eigenvalue weighted by molar-refractivity contribution is -0.139. The molecule has 0 aliphatic carbocycles. The van der Waals surface area contributed by atoms with Crippen LogP contribution in [0.2, 0.25) is 0 Å². The van der Waals surface area contributed by atoms with Gasteiger partial charge in [0.2, 0.25) is 0 Å². The Hall–Kier alpha value is -1.71. The Morgan fingerprint density at radius 3 is 2.46 bits per heavy atom. The van der Waals surface area contributed by atoms with Crippen LogP contribution in [-0.2, 0) is 11.2 Å². The largest absolute Gasteiger partial charge is 0.487 e.